The highest BCUT2D eigenvalue weighted by molar-refractivity contribution is 5.90. The van der Waals surface area contributed by atoms with E-state index >= 15 is 0 Å². The Morgan fingerprint density at radius 3 is 2.56 bits per heavy atom. The Balaban J connectivity index is 2.05. The van der Waals surface area contributed by atoms with Crippen molar-refractivity contribution < 1.29 is 17.9 Å². The molecule has 3 aromatic heterocycles. The van der Waals surface area contributed by atoms with E-state index in [1.807, 2.05) is 32.8 Å². The molecular formula is C18H20F3N5O. The second-order valence-corrected chi connectivity index (χ2v) is 7.01. The summed E-state index contributed by atoms with van der Waals surface area (Å²) in [6, 6.07) is 5.48. The third-order valence-corrected chi connectivity index (χ3v) is 4.53. The van der Waals surface area contributed by atoms with Crippen LogP contribution in [0.1, 0.15) is 19.4 Å². The van der Waals surface area contributed by atoms with Crippen molar-refractivity contribution in [2.24, 2.45) is 0 Å². The third-order valence-electron chi connectivity index (χ3n) is 4.53. The lowest BCUT2D eigenvalue weighted by molar-refractivity contribution is -0.137. The summed E-state index contributed by atoms with van der Waals surface area (Å²) < 4.78 is 46.2. The molecule has 0 unspecified atom stereocenters. The first kappa shape index (κ1) is 19.1. The number of aromatic nitrogens is 4. The van der Waals surface area contributed by atoms with Crippen molar-refractivity contribution in [3.63, 3.8) is 0 Å². The molecule has 9 heteroatoms. The average Bonchev–Trinajstić information content (AvgIpc) is 3.03. The molecule has 0 amide bonds. The molecule has 6 nitrogen and oxygen atoms in total. The molecule has 0 radical (unpaired) electrons. The Hall–Kier alpha value is -2.68. The molecular weight excluding hydrogens is 359 g/mol. The topological polar surface area (TPSA) is 66.9 Å². The van der Waals surface area contributed by atoms with Gasteiger partial charge in [0.15, 0.2) is 5.65 Å². The van der Waals surface area contributed by atoms with Gasteiger partial charge in [-0.3, -0.25) is 5.10 Å². The Morgan fingerprint density at radius 1 is 1.15 bits per heavy atom. The number of nitrogens with one attached hydrogen (secondary N) is 1. The van der Waals surface area contributed by atoms with Crippen LogP contribution in [-0.2, 0) is 6.18 Å². The molecule has 144 valence electrons. The van der Waals surface area contributed by atoms with Crippen LogP contribution in [0.5, 0.6) is 5.88 Å². The molecule has 0 saturated carbocycles. The summed E-state index contributed by atoms with van der Waals surface area (Å²) >= 11 is 0. The molecule has 1 N–H and O–H groups in total. The highest BCUT2D eigenvalue weighted by Gasteiger charge is 2.36. The predicted octanol–water partition coefficient (Wildman–Crippen LogP) is 3.76. The van der Waals surface area contributed by atoms with E-state index in [1.54, 1.807) is 12.1 Å². The largest absolute Gasteiger partial charge is 0.476 e. The highest BCUT2D eigenvalue weighted by atomic mass is 19.4. The molecule has 0 aliphatic rings. The van der Waals surface area contributed by atoms with E-state index in [1.165, 1.54) is 12.3 Å². The highest BCUT2D eigenvalue weighted by Crippen LogP contribution is 2.38. The molecule has 0 aliphatic carbocycles. The number of halogens is 3. The summed E-state index contributed by atoms with van der Waals surface area (Å²) in [6.07, 6.45) is -3.04. The number of H-pyrrole nitrogens is 1. The van der Waals surface area contributed by atoms with E-state index in [2.05, 4.69) is 20.2 Å². The molecule has 0 bridgehead atoms. The number of fused-ring (bicyclic) bond motifs is 1. The van der Waals surface area contributed by atoms with Gasteiger partial charge in [0, 0.05) is 23.2 Å². The number of alkyl halides is 3. The summed E-state index contributed by atoms with van der Waals surface area (Å²) in [5.74, 6) is 0.111. The third kappa shape index (κ3) is 3.87. The minimum atomic E-state index is -4.57. The molecule has 3 aromatic rings. The average molecular weight is 379 g/mol. The zero-order chi connectivity index (χ0) is 19.8. The van der Waals surface area contributed by atoms with Crippen molar-refractivity contribution >= 4 is 11.0 Å². The van der Waals surface area contributed by atoms with Crippen LogP contribution >= 0.6 is 0 Å². The van der Waals surface area contributed by atoms with Crippen molar-refractivity contribution in [1.29, 1.82) is 0 Å². The molecule has 0 atom stereocenters. The van der Waals surface area contributed by atoms with Gasteiger partial charge in [0.25, 0.3) is 0 Å². The monoisotopic (exact) mass is 379 g/mol. The zero-order valence-electron chi connectivity index (χ0n) is 15.4. The van der Waals surface area contributed by atoms with Gasteiger partial charge in [-0.2, -0.15) is 18.3 Å². The number of rotatable bonds is 5. The maximum absolute atomic E-state index is 13.5. The summed E-state index contributed by atoms with van der Waals surface area (Å²) in [4.78, 5) is 10.1. The van der Waals surface area contributed by atoms with Crippen LogP contribution in [0.2, 0.25) is 0 Å². The fraction of sp³-hybridized carbons (Fsp3) is 0.389. The number of hydrogen-bond donors (Lipinski definition) is 1. The molecule has 3 rings (SSSR count). The first-order valence-corrected chi connectivity index (χ1v) is 8.27. The van der Waals surface area contributed by atoms with Crippen LogP contribution < -0.4 is 4.74 Å². The van der Waals surface area contributed by atoms with Crippen LogP contribution in [-0.4, -0.2) is 51.3 Å². The summed E-state index contributed by atoms with van der Waals surface area (Å²) in [7, 11) is 3.80. The van der Waals surface area contributed by atoms with Crippen LogP contribution in [0, 0.1) is 0 Å². The van der Waals surface area contributed by atoms with E-state index < -0.39 is 11.7 Å². The van der Waals surface area contributed by atoms with Gasteiger partial charge < -0.3 is 9.64 Å². The van der Waals surface area contributed by atoms with Gasteiger partial charge in [-0.25, -0.2) is 9.97 Å². The maximum atomic E-state index is 13.5. The molecule has 3 heterocycles. The van der Waals surface area contributed by atoms with Crippen LogP contribution in [0.4, 0.5) is 13.2 Å². The van der Waals surface area contributed by atoms with Gasteiger partial charge in [-0.1, -0.05) is 0 Å². The van der Waals surface area contributed by atoms with Gasteiger partial charge in [0.1, 0.15) is 12.3 Å². The van der Waals surface area contributed by atoms with Gasteiger partial charge in [0.2, 0.25) is 5.88 Å². The Bertz CT molecular complexity index is 950. The molecule has 0 aromatic carbocycles. The molecule has 27 heavy (non-hydrogen) atoms. The first-order valence-electron chi connectivity index (χ1n) is 8.27. The van der Waals surface area contributed by atoms with Gasteiger partial charge in [0.05, 0.1) is 11.3 Å². The standard InChI is InChI=1S/C18H20F3N5O/c1-17(2,26(3)4)10-27-13-8-7-12(18(19,20)21)15(23-13)14-11-6-5-9-22-16(11)25-24-14/h5-9H,10H2,1-4H3,(H,22,24,25). The number of hydrogen-bond acceptors (Lipinski definition) is 5. The molecule has 0 aliphatic heterocycles. The number of pyridine rings is 2. The van der Waals surface area contributed by atoms with Crippen molar-refractivity contribution in [3.8, 4) is 17.3 Å². The summed E-state index contributed by atoms with van der Waals surface area (Å²) in [5, 5.41) is 7.05. The second-order valence-electron chi connectivity index (χ2n) is 7.01. The Morgan fingerprint density at radius 2 is 1.89 bits per heavy atom. The zero-order valence-corrected chi connectivity index (χ0v) is 15.4. The Labute approximate surface area is 154 Å². The van der Waals surface area contributed by atoms with Crippen molar-refractivity contribution in [1.82, 2.24) is 25.1 Å². The lowest BCUT2D eigenvalue weighted by Gasteiger charge is -2.32. The van der Waals surface area contributed by atoms with Crippen LogP contribution in [0.15, 0.2) is 30.5 Å². The summed E-state index contributed by atoms with van der Waals surface area (Å²) in [5.41, 5.74) is -0.964. The SMILES string of the molecule is CN(C)C(C)(C)COc1ccc(C(F)(F)F)c(-c2[nH]nc3ncccc23)n1. The molecule has 0 saturated heterocycles. The smallest absolute Gasteiger partial charge is 0.418 e. The van der Waals surface area contributed by atoms with Crippen molar-refractivity contribution in [2.75, 3.05) is 20.7 Å². The maximum Gasteiger partial charge on any atom is 0.418 e. The van der Waals surface area contributed by atoms with E-state index in [0.29, 0.717) is 11.0 Å². The number of ether oxygens (including phenoxy) is 1. The Kier molecular flexibility index (Phi) is 4.81. The quantitative estimate of drug-likeness (QED) is 0.731. The minimum Gasteiger partial charge on any atom is -0.476 e. The van der Waals surface area contributed by atoms with Crippen molar-refractivity contribution in [2.45, 2.75) is 25.6 Å². The van der Waals surface area contributed by atoms with E-state index in [4.69, 9.17) is 4.74 Å². The van der Waals surface area contributed by atoms with Gasteiger partial charge in [-0.15, -0.1) is 0 Å². The fourth-order valence-corrected chi connectivity index (χ4v) is 2.35. The van der Waals surface area contributed by atoms with E-state index in [-0.39, 0.29) is 29.4 Å². The van der Waals surface area contributed by atoms with Crippen molar-refractivity contribution in [3.05, 3.63) is 36.0 Å². The van der Waals surface area contributed by atoms with E-state index in [9.17, 15) is 13.2 Å². The predicted molar refractivity (Wildman–Crippen MR) is 95.4 cm³/mol. The summed E-state index contributed by atoms with van der Waals surface area (Å²) in [6.45, 7) is 4.20. The molecule has 0 fully saturated rings. The number of likely N-dealkylation sites (N-methyl/N-ethyl adjacent to an activating group) is 1. The minimum absolute atomic E-state index is 0.111. The normalized spacial score (nSPS) is 12.7. The van der Waals surface area contributed by atoms with E-state index in [0.717, 1.165) is 6.07 Å². The van der Waals surface area contributed by atoms with Crippen LogP contribution in [0.3, 0.4) is 0 Å². The fourth-order valence-electron chi connectivity index (χ4n) is 2.35. The number of nitrogens with zero attached hydrogens (tertiary/aromatic N) is 4. The molecule has 0 spiro atoms. The number of aromatic amines is 1. The van der Waals surface area contributed by atoms with Gasteiger partial charge in [-0.05, 0) is 46.1 Å². The van der Waals surface area contributed by atoms with Gasteiger partial charge >= 0.3 is 6.18 Å². The van der Waals surface area contributed by atoms with Crippen LogP contribution in [0.25, 0.3) is 22.4 Å². The lowest BCUT2D eigenvalue weighted by Crippen LogP contribution is -2.43. The second kappa shape index (κ2) is 6.80. The first-order chi connectivity index (χ1) is 12.6. The lowest BCUT2D eigenvalue weighted by atomic mass is 10.1.